The SMILES string of the molecule is O=C(O)c1cc(-c2ccccc2)cc(-c2ccccc2)c1OI. The number of halogens is 1. The van der Waals surface area contributed by atoms with Crippen molar-refractivity contribution >= 4 is 29.0 Å². The van der Waals surface area contributed by atoms with Gasteiger partial charge in [0.25, 0.3) is 0 Å². The highest BCUT2D eigenvalue weighted by Gasteiger charge is 2.19. The van der Waals surface area contributed by atoms with Crippen molar-refractivity contribution in [3.63, 3.8) is 0 Å². The molecule has 3 nitrogen and oxygen atoms in total. The van der Waals surface area contributed by atoms with Gasteiger partial charge in [0.1, 0.15) is 5.56 Å². The fourth-order valence-electron chi connectivity index (χ4n) is 2.50. The average molecular weight is 416 g/mol. The van der Waals surface area contributed by atoms with Gasteiger partial charge in [-0.05, 0) is 28.8 Å². The first-order valence-corrected chi connectivity index (χ1v) is 7.89. The highest BCUT2D eigenvalue weighted by molar-refractivity contribution is 14.1. The number of hydrogen-bond donors (Lipinski definition) is 1. The van der Waals surface area contributed by atoms with Gasteiger partial charge in [-0.15, -0.1) is 0 Å². The zero-order valence-electron chi connectivity index (χ0n) is 12.1. The zero-order chi connectivity index (χ0) is 16.2. The molecule has 0 aliphatic carbocycles. The lowest BCUT2D eigenvalue weighted by Gasteiger charge is -2.13. The van der Waals surface area contributed by atoms with E-state index in [2.05, 4.69) is 0 Å². The molecular weight excluding hydrogens is 403 g/mol. The summed E-state index contributed by atoms with van der Waals surface area (Å²) in [6.45, 7) is 0. The van der Waals surface area contributed by atoms with E-state index in [1.807, 2.05) is 66.7 Å². The molecule has 3 rings (SSSR count). The molecule has 114 valence electrons. The Morgan fingerprint density at radius 2 is 1.39 bits per heavy atom. The summed E-state index contributed by atoms with van der Waals surface area (Å²) in [5, 5.41) is 9.56. The largest absolute Gasteiger partial charge is 0.478 e. The van der Waals surface area contributed by atoms with Gasteiger partial charge in [0, 0.05) is 5.56 Å². The van der Waals surface area contributed by atoms with Crippen molar-refractivity contribution in [2.24, 2.45) is 0 Å². The summed E-state index contributed by atoms with van der Waals surface area (Å²) in [5.41, 5.74) is 3.64. The third-order valence-corrected chi connectivity index (χ3v) is 4.03. The molecule has 0 aliphatic rings. The second-order valence-electron chi connectivity index (χ2n) is 5.01. The van der Waals surface area contributed by atoms with Crippen molar-refractivity contribution in [3.8, 4) is 28.0 Å². The second kappa shape index (κ2) is 6.83. The van der Waals surface area contributed by atoms with Gasteiger partial charge in [-0.25, -0.2) is 4.79 Å². The van der Waals surface area contributed by atoms with Crippen LogP contribution in [-0.2, 0) is 0 Å². The van der Waals surface area contributed by atoms with E-state index in [0.29, 0.717) is 5.75 Å². The Labute approximate surface area is 148 Å². The summed E-state index contributed by atoms with van der Waals surface area (Å²) >= 11 is 1.73. The van der Waals surface area contributed by atoms with E-state index in [1.165, 1.54) is 0 Å². The van der Waals surface area contributed by atoms with E-state index >= 15 is 0 Å². The maximum Gasteiger partial charge on any atom is 0.339 e. The van der Waals surface area contributed by atoms with Crippen molar-refractivity contribution < 1.29 is 13.0 Å². The van der Waals surface area contributed by atoms with Crippen LogP contribution in [0.4, 0.5) is 0 Å². The van der Waals surface area contributed by atoms with Gasteiger partial charge in [0.05, 0.1) is 0 Å². The summed E-state index contributed by atoms with van der Waals surface area (Å²) in [6, 6.07) is 23.0. The number of aromatic carboxylic acids is 1. The van der Waals surface area contributed by atoms with Crippen LogP contribution in [0.3, 0.4) is 0 Å². The average Bonchev–Trinajstić information content (AvgIpc) is 2.62. The van der Waals surface area contributed by atoms with Crippen LogP contribution < -0.4 is 3.07 Å². The Morgan fingerprint density at radius 1 is 0.826 bits per heavy atom. The summed E-state index contributed by atoms with van der Waals surface area (Å²) in [5.74, 6) is -0.643. The van der Waals surface area contributed by atoms with Crippen molar-refractivity contribution in [2.75, 3.05) is 0 Å². The number of carbonyl (C=O) groups is 1. The zero-order valence-corrected chi connectivity index (χ0v) is 14.2. The highest BCUT2D eigenvalue weighted by atomic mass is 127. The summed E-state index contributed by atoms with van der Waals surface area (Å²) in [4.78, 5) is 11.7. The fraction of sp³-hybridized carbons (Fsp3) is 0. The number of carboxylic acid groups (broad SMARTS) is 1. The van der Waals surface area contributed by atoms with E-state index in [4.69, 9.17) is 3.07 Å². The molecule has 0 saturated heterocycles. The molecule has 0 atom stereocenters. The Hall–Kier alpha value is -2.34. The normalized spacial score (nSPS) is 10.3. The predicted octanol–water partition coefficient (Wildman–Crippen LogP) is 5.45. The van der Waals surface area contributed by atoms with Crippen LogP contribution in [0.1, 0.15) is 10.4 Å². The summed E-state index contributed by atoms with van der Waals surface area (Å²) in [6.07, 6.45) is 0. The molecular formula is C19H13IO3. The lowest BCUT2D eigenvalue weighted by Crippen LogP contribution is -2.01. The molecule has 0 heterocycles. The maximum atomic E-state index is 11.7. The third-order valence-electron chi connectivity index (χ3n) is 3.59. The maximum absolute atomic E-state index is 11.7. The van der Waals surface area contributed by atoms with Gasteiger partial charge in [0.15, 0.2) is 28.8 Å². The van der Waals surface area contributed by atoms with Crippen LogP contribution in [0.25, 0.3) is 22.3 Å². The van der Waals surface area contributed by atoms with E-state index < -0.39 is 5.97 Å². The van der Waals surface area contributed by atoms with Crippen molar-refractivity contribution in [1.82, 2.24) is 0 Å². The second-order valence-corrected chi connectivity index (χ2v) is 5.46. The lowest BCUT2D eigenvalue weighted by molar-refractivity contribution is 0.0695. The van der Waals surface area contributed by atoms with Crippen LogP contribution in [-0.4, -0.2) is 11.1 Å². The topological polar surface area (TPSA) is 46.5 Å². The quantitative estimate of drug-likeness (QED) is 0.576. The van der Waals surface area contributed by atoms with Gasteiger partial charge in [-0.3, -0.25) is 0 Å². The van der Waals surface area contributed by atoms with Gasteiger partial charge in [-0.2, -0.15) is 0 Å². The molecule has 0 radical (unpaired) electrons. The Bertz CT molecular complexity index is 830. The molecule has 0 amide bonds. The van der Waals surface area contributed by atoms with Crippen molar-refractivity contribution in [1.29, 1.82) is 0 Å². The first-order valence-electron chi connectivity index (χ1n) is 7.01. The molecule has 0 fully saturated rings. The number of rotatable bonds is 4. The monoisotopic (exact) mass is 416 g/mol. The first-order chi connectivity index (χ1) is 11.2. The van der Waals surface area contributed by atoms with Gasteiger partial charge < -0.3 is 8.17 Å². The van der Waals surface area contributed by atoms with Crippen LogP contribution in [0.15, 0.2) is 72.8 Å². The van der Waals surface area contributed by atoms with Gasteiger partial charge >= 0.3 is 5.97 Å². The molecule has 0 spiro atoms. The fourth-order valence-corrected chi connectivity index (χ4v) is 2.97. The van der Waals surface area contributed by atoms with Crippen LogP contribution in [0.5, 0.6) is 5.75 Å². The molecule has 0 aromatic heterocycles. The standard InChI is InChI=1S/C19H13IO3/c20-23-18-16(14-9-5-2-6-10-14)11-15(12-17(18)19(21)22)13-7-3-1-4-8-13/h1-12H,(H,21,22). The molecule has 3 aromatic rings. The Kier molecular flexibility index (Phi) is 4.62. The van der Waals surface area contributed by atoms with Gasteiger partial charge in [-0.1, -0.05) is 60.7 Å². The molecule has 0 aliphatic heterocycles. The molecule has 0 bridgehead atoms. The minimum atomic E-state index is -1.01. The summed E-state index contributed by atoms with van der Waals surface area (Å²) < 4.78 is 5.37. The predicted molar refractivity (Wildman–Crippen MR) is 98.9 cm³/mol. The minimum Gasteiger partial charge on any atom is -0.478 e. The number of hydrogen-bond acceptors (Lipinski definition) is 2. The molecule has 0 saturated carbocycles. The summed E-state index contributed by atoms with van der Waals surface area (Å²) in [7, 11) is 0. The van der Waals surface area contributed by atoms with E-state index in [-0.39, 0.29) is 5.56 Å². The highest BCUT2D eigenvalue weighted by Crippen LogP contribution is 2.38. The van der Waals surface area contributed by atoms with E-state index in [0.717, 1.165) is 22.3 Å². The molecule has 4 heteroatoms. The van der Waals surface area contributed by atoms with E-state index in [1.54, 1.807) is 29.1 Å². The van der Waals surface area contributed by atoms with Crippen molar-refractivity contribution in [2.45, 2.75) is 0 Å². The molecule has 1 N–H and O–H groups in total. The first kappa shape index (κ1) is 15.6. The van der Waals surface area contributed by atoms with Crippen molar-refractivity contribution in [3.05, 3.63) is 78.4 Å². The number of carboxylic acids is 1. The number of benzene rings is 3. The Morgan fingerprint density at radius 3 is 1.91 bits per heavy atom. The molecule has 3 aromatic carbocycles. The molecule has 0 unspecified atom stereocenters. The third kappa shape index (κ3) is 3.22. The van der Waals surface area contributed by atoms with Crippen LogP contribution in [0, 0.1) is 0 Å². The Balaban J connectivity index is 2.29. The van der Waals surface area contributed by atoms with Gasteiger partial charge in [0.2, 0.25) is 0 Å². The molecule has 23 heavy (non-hydrogen) atoms. The van der Waals surface area contributed by atoms with Crippen LogP contribution >= 0.6 is 23.0 Å². The lowest BCUT2D eigenvalue weighted by atomic mass is 9.95. The van der Waals surface area contributed by atoms with E-state index in [9.17, 15) is 9.90 Å². The smallest absolute Gasteiger partial charge is 0.339 e. The van der Waals surface area contributed by atoms with Crippen LogP contribution in [0.2, 0.25) is 0 Å². The minimum absolute atomic E-state index is 0.152.